The van der Waals surface area contributed by atoms with Crippen molar-refractivity contribution < 1.29 is 27.5 Å². The average molecular weight is 321 g/mol. The molecule has 1 aromatic heterocycles. The second-order valence-corrected chi connectivity index (χ2v) is 6.38. The van der Waals surface area contributed by atoms with Crippen molar-refractivity contribution >= 4 is 33.3 Å². The molecule has 0 saturated heterocycles. The Labute approximate surface area is 120 Å². The first-order valence-electron chi connectivity index (χ1n) is 5.81. The molecule has 0 fully saturated rings. The van der Waals surface area contributed by atoms with Gasteiger partial charge in [-0.3, -0.25) is 0 Å². The van der Waals surface area contributed by atoms with Crippen molar-refractivity contribution in [2.75, 3.05) is 13.2 Å². The highest BCUT2D eigenvalue weighted by molar-refractivity contribution is 7.91. The van der Waals surface area contributed by atoms with E-state index in [2.05, 4.69) is 9.47 Å². The van der Waals surface area contributed by atoms with Crippen LogP contribution in [0, 0.1) is 0 Å². The second-order valence-electron chi connectivity index (χ2n) is 3.49. The molecule has 0 aliphatic rings. The molecule has 1 aromatic rings. The largest absolute Gasteiger partial charge is 0.464 e. The van der Waals surface area contributed by atoms with Crippen LogP contribution >= 0.6 is 11.3 Å². The van der Waals surface area contributed by atoms with Gasteiger partial charge in [-0.25, -0.2) is 18.0 Å². The van der Waals surface area contributed by atoms with Crippen molar-refractivity contribution in [3.8, 4) is 0 Å². The fourth-order valence-electron chi connectivity index (χ4n) is 1.27. The van der Waals surface area contributed by atoms with E-state index in [4.69, 9.17) is 0 Å². The fraction of sp³-hybridized carbons (Fsp3) is 0.455. The van der Waals surface area contributed by atoms with Crippen LogP contribution in [0.15, 0.2) is 21.7 Å². The molecular formula is C11H15NO6S2. The first-order chi connectivity index (χ1) is 9.42. The number of esters is 2. The van der Waals surface area contributed by atoms with Gasteiger partial charge in [-0.1, -0.05) is 6.07 Å². The number of hydrogen-bond donors (Lipinski definition) is 1. The van der Waals surface area contributed by atoms with Crippen molar-refractivity contribution in [2.24, 2.45) is 0 Å². The SMILES string of the molecule is CCOC(=O)C(NS(=O)(=O)c1cccs1)C(=O)OCC. The molecule has 0 radical (unpaired) electrons. The normalized spacial score (nSPS) is 11.3. The van der Waals surface area contributed by atoms with Crippen LogP contribution in [0.3, 0.4) is 0 Å². The summed E-state index contributed by atoms with van der Waals surface area (Å²) in [6, 6.07) is 1.20. The van der Waals surface area contributed by atoms with E-state index in [1.807, 2.05) is 4.72 Å². The van der Waals surface area contributed by atoms with Gasteiger partial charge in [0, 0.05) is 0 Å². The Morgan fingerprint density at radius 3 is 2.20 bits per heavy atom. The van der Waals surface area contributed by atoms with Gasteiger partial charge < -0.3 is 9.47 Å². The molecule has 7 nitrogen and oxygen atoms in total. The van der Waals surface area contributed by atoms with E-state index in [0.29, 0.717) is 0 Å². The van der Waals surface area contributed by atoms with E-state index < -0.39 is 28.0 Å². The Hall–Kier alpha value is -1.45. The monoisotopic (exact) mass is 321 g/mol. The third kappa shape index (κ3) is 4.29. The van der Waals surface area contributed by atoms with Gasteiger partial charge >= 0.3 is 11.9 Å². The molecule has 1 heterocycles. The Morgan fingerprint density at radius 2 is 1.80 bits per heavy atom. The highest BCUT2D eigenvalue weighted by Gasteiger charge is 2.34. The van der Waals surface area contributed by atoms with Crippen molar-refractivity contribution in [1.29, 1.82) is 0 Å². The summed E-state index contributed by atoms with van der Waals surface area (Å²) in [6.07, 6.45) is 0. The minimum Gasteiger partial charge on any atom is -0.464 e. The maximum atomic E-state index is 12.0. The zero-order valence-electron chi connectivity index (χ0n) is 11.0. The quantitative estimate of drug-likeness (QED) is 0.581. The third-order valence-corrected chi connectivity index (χ3v) is 4.90. The molecule has 9 heteroatoms. The third-order valence-electron chi connectivity index (χ3n) is 2.08. The van der Waals surface area contributed by atoms with Gasteiger partial charge in [-0.15, -0.1) is 11.3 Å². The van der Waals surface area contributed by atoms with Crippen molar-refractivity contribution in [3.05, 3.63) is 17.5 Å². The molecule has 1 rings (SSSR count). The molecule has 20 heavy (non-hydrogen) atoms. The number of ether oxygens (including phenoxy) is 2. The Bertz CT molecular complexity index is 533. The summed E-state index contributed by atoms with van der Waals surface area (Å²) >= 11 is 0.967. The van der Waals surface area contributed by atoms with Crippen molar-refractivity contribution in [3.63, 3.8) is 0 Å². The first kappa shape index (κ1) is 16.6. The summed E-state index contributed by atoms with van der Waals surface area (Å²) in [6.45, 7) is 3.15. The Balaban J connectivity index is 2.95. The maximum Gasteiger partial charge on any atom is 0.335 e. The molecule has 0 saturated carbocycles. The summed E-state index contributed by atoms with van der Waals surface area (Å²) in [5.74, 6) is -1.99. The zero-order chi connectivity index (χ0) is 15.2. The van der Waals surface area contributed by atoms with Gasteiger partial charge in [0.2, 0.25) is 6.04 Å². The molecule has 0 aliphatic heterocycles. The van der Waals surface area contributed by atoms with E-state index in [1.54, 1.807) is 25.3 Å². The lowest BCUT2D eigenvalue weighted by atomic mass is 10.3. The van der Waals surface area contributed by atoms with Gasteiger partial charge in [0.25, 0.3) is 10.0 Å². The van der Waals surface area contributed by atoms with Crippen LogP contribution in [0.1, 0.15) is 13.8 Å². The van der Waals surface area contributed by atoms with Crippen LogP contribution in [0.25, 0.3) is 0 Å². The average Bonchev–Trinajstić information content (AvgIpc) is 2.91. The Morgan fingerprint density at radius 1 is 1.25 bits per heavy atom. The summed E-state index contributed by atoms with van der Waals surface area (Å²) in [5, 5.41) is 1.57. The lowest BCUT2D eigenvalue weighted by Crippen LogP contribution is -2.48. The van der Waals surface area contributed by atoms with E-state index in [-0.39, 0.29) is 17.4 Å². The van der Waals surface area contributed by atoms with Gasteiger partial charge in [0.05, 0.1) is 13.2 Å². The van der Waals surface area contributed by atoms with Gasteiger partial charge in [-0.2, -0.15) is 4.72 Å². The summed E-state index contributed by atoms with van der Waals surface area (Å²) < 4.78 is 35.3. The highest BCUT2D eigenvalue weighted by atomic mass is 32.2. The summed E-state index contributed by atoms with van der Waals surface area (Å²) in [4.78, 5) is 23.3. The summed E-state index contributed by atoms with van der Waals surface area (Å²) in [5.41, 5.74) is 0. The van der Waals surface area contributed by atoms with Gasteiger partial charge in [-0.05, 0) is 25.3 Å². The Kier molecular flexibility index (Phi) is 6.11. The lowest BCUT2D eigenvalue weighted by Gasteiger charge is -2.15. The van der Waals surface area contributed by atoms with Crippen LogP contribution in [-0.4, -0.2) is 39.6 Å². The molecule has 0 amide bonds. The molecule has 112 valence electrons. The second kappa shape index (κ2) is 7.36. The highest BCUT2D eigenvalue weighted by Crippen LogP contribution is 2.16. The van der Waals surface area contributed by atoms with E-state index in [9.17, 15) is 18.0 Å². The van der Waals surface area contributed by atoms with E-state index >= 15 is 0 Å². The predicted molar refractivity (Wildman–Crippen MR) is 71.7 cm³/mol. The molecule has 1 N–H and O–H groups in total. The minimum atomic E-state index is -3.98. The first-order valence-corrected chi connectivity index (χ1v) is 8.17. The molecule has 0 aliphatic carbocycles. The number of rotatable bonds is 7. The van der Waals surface area contributed by atoms with E-state index in [0.717, 1.165) is 11.3 Å². The standard InChI is InChI=1S/C11H15NO6S2/c1-3-17-10(13)9(11(14)18-4-2)12-20(15,16)8-6-5-7-19-8/h5-7,9,12H,3-4H2,1-2H3. The number of thiophene rings is 1. The number of carbonyl (C=O) groups is 2. The topological polar surface area (TPSA) is 98.8 Å². The van der Waals surface area contributed by atoms with Gasteiger partial charge in [0.15, 0.2) is 0 Å². The molecular weight excluding hydrogens is 306 g/mol. The molecule has 0 unspecified atom stereocenters. The van der Waals surface area contributed by atoms with Crippen molar-refractivity contribution in [1.82, 2.24) is 4.72 Å². The van der Waals surface area contributed by atoms with Crippen LogP contribution < -0.4 is 4.72 Å². The minimum absolute atomic E-state index is 0.00361. The molecule has 0 spiro atoms. The number of nitrogens with one attached hydrogen (secondary N) is 1. The fourth-order valence-corrected chi connectivity index (χ4v) is 3.42. The zero-order valence-corrected chi connectivity index (χ0v) is 12.6. The molecule has 0 aromatic carbocycles. The van der Waals surface area contributed by atoms with E-state index in [1.165, 1.54) is 6.07 Å². The molecule has 0 atom stereocenters. The summed E-state index contributed by atoms with van der Waals surface area (Å²) in [7, 11) is -3.98. The maximum absolute atomic E-state index is 12.0. The number of carbonyl (C=O) groups excluding carboxylic acids is 2. The van der Waals surface area contributed by atoms with Crippen LogP contribution in [0.4, 0.5) is 0 Å². The number of hydrogen-bond acceptors (Lipinski definition) is 7. The van der Waals surface area contributed by atoms with Crippen LogP contribution in [0.5, 0.6) is 0 Å². The van der Waals surface area contributed by atoms with Gasteiger partial charge in [0.1, 0.15) is 4.21 Å². The number of sulfonamides is 1. The smallest absolute Gasteiger partial charge is 0.335 e. The predicted octanol–water partition coefficient (Wildman–Crippen LogP) is 0.521. The molecule has 0 bridgehead atoms. The van der Waals surface area contributed by atoms with Crippen molar-refractivity contribution in [2.45, 2.75) is 24.1 Å². The van der Waals surface area contributed by atoms with Crippen LogP contribution in [0.2, 0.25) is 0 Å². The van der Waals surface area contributed by atoms with Crippen LogP contribution in [-0.2, 0) is 29.1 Å². The lowest BCUT2D eigenvalue weighted by molar-refractivity contribution is -0.157.